The molecule has 0 aliphatic heterocycles. The number of rotatable bonds is 4. The predicted molar refractivity (Wildman–Crippen MR) is 45.8 cm³/mol. The van der Waals surface area contributed by atoms with Gasteiger partial charge in [-0.2, -0.15) is 11.8 Å². The van der Waals surface area contributed by atoms with Crippen molar-refractivity contribution < 1.29 is 0 Å². The highest BCUT2D eigenvalue weighted by Crippen LogP contribution is 2.21. The highest BCUT2D eigenvalue weighted by atomic mass is 32.2. The van der Waals surface area contributed by atoms with Crippen LogP contribution in [0.5, 0.6) is 0 Å². The molecule has 2 heteroatoms. The fraction of sp³-hybridized carbons (Fsp3) is 0.714. The molecule has 0 aliphatic rings. The molecule has 0 saturated carbocycles. The van der Waals surface area contributed by atoms with Crippen LogP contribution in [0.2, 0.25) is 0 Å². The molecule has 0 aliphatic carbocycles. The van der Waals surface area contributed by atoms with Crippen molar-refractivity contribution in [3.05, 3.63) is 12.7 Å². The summed E-state index contributed by atoms with van der Waals surface area (Å²) in [5.41, 5.74) is 5.49. The van der Waals surface area contributed by atoms with E-state index < -0.39 is 0 Å². The summed E-state index contributed by atoms with van der Waals surface area (Å²) in [6.45, 7) is 8.64. The fourth-order valence-corrected chi connectivity index (χ4v) is 1.03. The molecule has 0 rings (SSSR count). The maximum atomic E-state index is 5.49. The number of nitrogens with two attached hydrogens (primary N) is 1. The zero-order chi connectivity index (χ0) is 7.33. The van der Waals surface area contributed by atoms with E-state index in [1.54, 1.807) is 0 Å². The van der Waals surface area contributed by atoms with E-state index in [0.717, 1.165) is 12.3 Å². The molecule has 0 unspecified atom stereocenters. The van der Waals surface area contributed by atoms with E-state index >= 15 is 0 Å². The monoisotopic (exact) mass is 145 g/mol. The summed E-state index contributed by atoms with van der Waals surface area (Å²) in [7, 11) is 0. The molecule has 9 heavy (non-hydrogen) atoms. The van der Waals surface area contributed by atoms with E-state index in [4.69, 9.17) is 5.73 Å². The Labute approximate surface area is 61.7 Å². The van der Waals surface area contributed by atoms with Crippen molar-refractivity contribution in [3.8, 4) is 0 Å². The predicted octanol–water partition coefficient (Wildman–Crippen LogP) is 1.64. The van der Waals surface area contributed by atoms with Gasteiger partial charge in [0.1, 0.15) is 0 Å². The summed E-state index contributed by atoms with van der Waals surface area (Å²) in [5, 5.41) is 0. The average Bonchev–Trinajstić information content (AvgIpc) is 1.84. The second-order valence-corrected chi connectivity index (χ2v) is 4.29. The van der Waals surface area contributed by atoms with E-state index in [9.17, 15) is 0 Å². The number of hydrogen-bond acceptors (Lipinski definition) is 2. The first kappa shape index (κ1) is 9.05. The van der Waals surface area contributed by atoms with Gasteiger partial charge in [-0.15, -0.1) is 6.58 Å². The molecule has 0 fully saturated rings. The Balaban J connectivity index is 3.44. The van der Waals surface area contributed by atoms with Gasteiger partial charge in [0.15, 0.2) is 0 Å². The van der Waals surface area contributed by atoms with Crippen LogP contribution in [0, 0.1) is 0 Å². The first-order valence-corrected chi connectivity index (χ1v) is 4.06. The number of thioether (sulfide) groups is 1. The van der Waals surface area contributed by atoms with Gasteiger partial charge in [-0.3, -0.25) is 0 Å². The second-order valence-electron chi connectivity index (χ2n) is 2.56. The molecule has 0 spiro atoms. The van der Waals surface area contributed by atoms with Crippen molar-refractivity contribution >= 4 is 11.8 Å². The number of hydrogen-bond donors (Lipinski definition) is 1. The van der Waals surface area contributed by atoms with Gasteiger partial charge in [0.05, 0.1) is 0 Å². The third-order valence-electron chi connectivity index (χ3n) is 1.08. The first-order chi connectivity index (χ1) is 4.12. The molecule has 2 N–H and O–H groups in total. The van der Waals surface area contributed by atoms with Crippen LogP contribution in [0.3, 0.4) is 0 Å². The van der Waals surface area contributed by atoms with Gasteiger partial charge in [0.25, 0.3) is 0 Å². The highest BCUT2D eigenvalue weighted by molar-refractivity contribution is 8.00. The van der Waals surface area contributed by atoms with Crippen molar-refractivity contribution in [3.63, 3.8) is 0 Å². The van der Waals surface area contributed by atoms with Crippen LogP contribution in [0.15, 0.2) is 12.7 Å². The summed E-state index contributed by atoms with van der Waals surface area (Å²) in [4.78, 5) is 0. The van der Waals surface area contributed by atoms with Crippen molar-refractivity contribution in [1.29, 1.82) is 0 Å². The lowest BCUT2D eigenvalue weighted by Crippen LogP contribution is -2.26. The quantitative estimate of drug-likeness (QED) is 0.609. The van der Waals surface area contributed by atoms with Crippen LogP contribution in [-0.4, -0.2) is 17.0 Å². The topological polar surface area (TPSA) is 26.0 Å². The average molecular weight is 145 g/mol. The van der Waals surface area contributed by atoms with Crippen molar-refractivity contribution in [2.75, 3.05) is 12.3 Å². The van der Waals surface area contributed by atoms with E-state index in [-0.39, 0.29) is 4.75 Å². The summed E-state index contributed by atoms with van der Waals surface area (Å²) >= 11 is 1.84. The molecule has 54 valence electrons. The fourth-order valence-electron chi connectivity index (χ4n) is 0.343. The molecule has 0 radical (unpaired) electrons. The zero-order valence-corrected chi connectivity index (χ0v) is 7.00. The molecular weight excluding hydrogens is 130 g/mol. The summed E-state index contributed by atoms with van der Waals surface area (Å²) in [6.07, 6.45) is 1.90. The van der Waals surface area contributed by atoms with Crippen LogP contribution in [0.4, 0.5) is 0 Å². The van der Waals surface area contributed by atoms with Crippen LogP contribution in [0.25, 0.3) is 0 Å². The minimum absolute atomic E-state index is 0.216. The molecule has 0 atom stereocenters. The Hall–Kier alpha value is 0.0500. The van der Waals surface area contributed by atoms with E-state index in [2.05, 4.69) is 20.4 Å². The maximum Gasteiger partial charge on any atom is 0.0229 e. The Morgan fingerprint density at radius 3 is 2.56 bits per heavy atom. The van der Waals surface area contributed by atoms with E-state index in [1.807, 2.05) is 17.8 Å². The van der Waals surface area contributed by atoms with Crippen LogP contribution >= 0.6 is 11.8 Å². The van der Waals surface area contributed by atoms with Crippen LogP contribution < -0.4 is 5.73 Å². The molecule has 0 saturated heterocycles. The zero-order valence-electron chi connectivity index (χ0n) is 6.18. The van der Waals surface area contributed by atoms with Crippen LogP contribution in [0.1, 0.15) is 13.8 Å². The lowest BCUT2D eigenvalue weighted by atomic mass is 10.2. The summed E-state index contributed by atoms with van der Waals surface area (Å²) in [5.74, 6) is 0.990. The summed E-state index contributed by atoms with van der Waals surface area (Å²) < 4.78 is 0.216. The van der Waals surface area contributed by atoms with Gasteiger partial charge < -0.3 is 5.73 Å². The SMILES string of the molecule is C=CCSC(C)(C)CN. The van der Waals surface area contributed by atoms with Gasteiger partial charge >= 0.3 is 0 Å². The third kappa shape index (κ3) is 4.55. The lowest BCUT2D eigenvalue weighted by Gasteiger charge is -2.20. The Morgan fingerprint density at radius 2 is 2.22 bits per heavy atom. The minimum Gasteiger partial charge on any atom is -0.329 e. The Kier molecular flexibility index (Phi) is 3.98. The molecule has 1 nitrogen and oxygen atoms in total. The van der Waals surface area contributed by atoms with Gasteiger partial charge in [0.2, 0.25) is 0 Å². The molecule has 0 aromatic heterocycles. The van der Waals surface area contributed by atoms with Crippen molar-refractivity contribution in [2.45, 2.75) is 18.6 Å². The molecule has 0 amide bonds. The molecule has 0 aromatic rings. The highest BCUT2D eigenvalue weighted by Gasteiger charge is 2.13. The van der Waals surface area contributed by atoms with Gasteiger partial charge in [-0.05, 0) is 13.8 Å². The lowest BCUT2D eigenvalue weighted by molar-refractivity contribution is 0.724. The minimum atomic E-state index is 0.216. The van der Waals surface area contributed by atoms with Gasteiger partial charge in [0, 0.05) is 17.0 Å². The van der Waals surface area contributed by atoms with Gasteiger partial charge in [-0.25, -0.2) is 0 Å². The molecule has 0 bridgehead atoms. The first-order valence-electron chi connectivity index (χ1n) is 3.07. The second kappa shape index (κ2) is 3.96. The third-order valence-corrected chi connectivity index (χ3v) is 2.43. The maximum absolute atomic E-state index is 5.49. The van der Waals surface area contributed by atoms with E-state index in [1.165, 1.54) is 0 Å². The normalized spacial score (nSPS) is 11.4. The largest absolute Gasteiger partial charge is 0.329 e. The molecule has 0 aromatic carbocycles. The standard InChI is InChI=1S/C7H15NS/c1-4-5-9-7(2,3)6-8/h4H,1,5-6,8H2,2-3H3. The Morgan fingerprint density at radius 1 is 1.67 bits per heavy atom. The Bertz CT molecular complexity index is 88.9. The van der Waals surface area contributed by atoms with Crippen molar-refractivity contribution in [2.24, 2.45) is 5.73 Å². The van der Waals surface area contributed by atoms with E-state index in [0.29, 0.717) is 0 Å². The van der Waals surface area contributed by atoms with Crippen molar-refractivity contribution in [1.82, 2.24) is 0 Å². The summed E-state index contributed by atoms with van der Waals surface area (Å²) in [6, 6.07) is 0. The molecule has 0 heterocycles. The molecular formula is C7H15NS. The van der Waals surface area contributed by atoms with Crippen LogP contribution in [-0.2, 0) is 0 Å². The smallest absolute Gasteiger partial charge is 0.0229 e. The van der Waals surface area contributed by atoms with Gasteiger partial charge in [-0.1, -0.05) is 6.08 Å².